The number of hydrogen-bond acceptors (Lipinski definition) is 4. The highest BCUT2D eigenvalue weighted by atomic mass is 32.1. The molecule has 10 heteroatoms. The summed E-state index contributed by atoms with van der Waals surface area (Å²) in [6.07, 6.45) is -8.55. The summed E-state index contributed by atoms with van der Waals surface area (Å²) in [5, 5.41) is 6.75. The van der Waals surface area contributed by atoms with Gasteiger partial charge >= 0.3 is 12.5 Å². The number of H-pyrrole nitrogens is 1. The van der Waals surface area contributed by atoms with Gasteiger partial charge in [0.1, 0.15) is 11.5 Å². The second-order valence-electron chi connectivity index (χ2n) is 5.61. The zero-order valence-corrected chi connectivity index (χ0v) is 15.4. The number of halogens is 4. The van der Waals surface area contributed by atoms with Crippen LogP contribution in [-0.2, 0) is 0 Å². The average molecular weight is 413 g/mol. The number of benzene rings is 2. The molecule has 0 fully saturated rings. The highest BCUT2D eigenvalue weighted by Crippen LogP contribution is 2.31. The topological polar surface area (TPSA) is 52.1 Å². The normalized spacial score (nSPS) is 11.6. The molecule has 1 aromatic heterocycles. The van der Waals surface area contributed by atoms with Gasteiger partial charge in [0.2, 0.25) is 0 Å². The number of hydrogen-bond donors (Lipinski definition) is 1. The van der Waals surface area contributed by atoms with Gasteiger partial charge in [0.25, 0.3) is 0 Å². The van der Waals surface area contributed by atoms with Gasteiger partial charge < -0.3 is 9.47 Å². The fraction of sp³-hybridized carbons (Fsp3) is 0.222. The van der Waals surface area contributed by atoms with E-state index in [0.717, 1.165) is 6.07 Å². The average Bonchev–Trinajstić information content (AvgIpc) is 3.04. The fourth-order valence-electron chi connectivity index (χ4n) is 2.49. The van der Waals surface area contributed by atoms with E-state index in [2.05, 4.69) is 14.9 Å². The lowest BCUT2D eigenvalue weighted by Gasteiger charge is -2.17. The Kier molecular flexibility index (Phi) is 5.68. The van der Waals surface area contributed by atoms with Crippen LogP contribution in [-0.4, -0.2) is 33.9 Å². The molecule has 0 atom stereocenters. The minimum absolute atomic E-state index is 0.267. The van der Waals surface area contributed by atoms with Crippen LogP contribution in [0.2, 0.25) is 0 Å². The third-order valence-electron chi connectivity index (χ3n) is 3.68. The molecule has 2 aromatic carbocycles. The Morgan fingerprint density at radius 1 is 1.14 bits per heavy atom. The number of ether oxygens (including phenoxy) is 2. The summed E-state index contributed by atoms with van der Waals surface area (Å²) in [4.78, 5) is 0. The van der Waals surface area contributed by atoms with Crippen molar-refractivity contribution in [3.05, 3.63) is 53.3 Å². The second-order valence-corrected chi connectivity index (χ2v) is 5.99. The van der Waals surface area contributed by atoms with Gasteiger partial charge in [-0.3, -0.25) is 9.67 Å². The van der Waals surface area contributed by atoms with Gasteiger partial charge in [-0.2, -0.15) is 22.7 Å². The molecule has 1 N–H and O–H groups in total. The summed E-state index contributed by atoms with van der Waals surface area (Å²) in [5.41, 5.74) is 1.00. The molecule has 0 amide bonds. The van der Waals surface area contributed by atoms with Crippen LogP contribution in [0.5, 0.6) is 11.5 Å². The molecule has 0 saturated carbocycles. The van der Waals surface area contributed by atoms with Crippen LogP contribution in [0.1, 0.15) is 6.92 Å². The standard InChI is InChI=1S/C18H15F4N3O2S/c1-2-26-13-8-6-12(7-9-13)25-15(23-24-17(25)28)11-4-3-5-14(10-11)27-18(21,22)16(19)20/h3-10,16H,2H2,1H3,(H,24,28). The van der Waals surface area contributed by atoms with Crippen LogP contribution in [0.3, 0.4) is 0 Å². The Bertz CT molecular complexity index is 1000. The van der Waals surface area contributed by atoms with E-state index in [9.17, 15) is 17.6 Å². The maximum atomic E-state index is 13.2. The van der Waals surface area contributed by atoms with E-state index >= 15 is 0 Å². The maximum Gasteiger partial charge on any atom is 0.461 e. The van der Waals surface area contributed by atoms with E-state index in [0.29, 0.717) is 29.4 Å². The number of aromatic nitrogens is 3. The SMILES string of the molecule is CCOc1ccc(-n2c(-c3cccc(OC(F)(F)C(F)F)c3)n[nH]c2=S)cc1. The first-order chi connectivity index (χ1) is 13.3. The van der Waals surface area contributed by atoms with Crippen molar-refractivity contribution < 1.29 is 27.0 Å². The zero-order chi connectivity index (χ0) is 20.3. The van der Waals surface area contributed by atoms with Gasteiger partial charge in [-0.1, -0.05) is 12.1 Å². The smallest absolute Gasteiger partial charge is 0.461 e. The van der Waals surface area contributed by atoms with Crippen molar-refractivity contribution in [2.75, 3.05) is 6.61 Å². The first kappa shape index (κ1) is 19.9. The van der Waals surface area contributed by atoms with Crippen LogP contribution >= 0.6 is 12.2 Å². The summed E-state index contributed by atoms with van der Waals surface area (Å²) in [6, 6.07) is 12.3. The minimum Gasteiger partial charge on any atom is -0.494 e. The zero-order valence-electron chi connectivity index (χ0n) is 14.5. The maximum absolute atomic E-state index is 13.2. The molecule has 28 heavy (non-hydrogen) atoms. The highest BCUT2D eigenvalue weighted by molar-refractivity contribution is 7.71. The van der Waals surface area contributed by atoms with Crippen LogP contribution in [0.15, 0.2) is 48.5 Å². The van der Waals surface area contributed by atoms with Gasteiger partial charge in [0.15, 0.2) is 10.6 Å². The van der Waals surface area contributed by atoms with Crippen LogP contribution in [0.25, 0.3) is 17.1 Å². The van der Waals surface area contributed by atoms with Gasteiger partial charge in [-0.25, -0.2) is 0 Å². The van der Waals surface area contributed by atoms with Gasteiger partial charge in [0.05, 0.1) is 12.3 Å². The van der Waals surface area contributed by atoms with Crippen LogP contribution in [0.4, 0.5) is 17.6 Å². The van der Waals surface area contributed by atoms with Crippen molar-refractivity contribution in [1.29, 1.82) is 0 Å². The fourth-order valence-corrected chi connectivity index (χ4v) is 2.73. The molecule has 0 spiro atoms. The molecule has 0 unspecified atom stereocenters. The number of nitrogens with one attached hydrogen (secondary N) is 1. The van der Waals surface area contributed by atoms with Gasteiger partial charge in [0, 0.05) is 5.56 Å². The predicted octanol–water partition coefficient (Wildman–Crippen LogP) is 5.23. The Hall–Kier alpha value is -2.88. The monoisotopic (exact) mass is 413 g/mol. The quantitative estimate of drug-likeness (QED) is 0.426. The van der Waals surface area contributed by atoms with E-state index in [1.165, 1.54) is 12.1 Å². The van der Waals surface area contributed by atoms with Crippen LogP contribution < -0.4 is 9.47 Å². The summed E-state index contributed by atoms with van der Waals surface area (Å²) >= 11 is 5.26. The van der Waals surface area contributed by atoms with E-state index in [1.807, 2.05) is 6.92 Å². The lowest BCUT2D eigenvalue weighted by molar-refractivity contribution is -0.253. The second kappa shape index (κ2) is 8.01. The van der Waals surface area contributed by atoms with Crippen molar-refractivity contribution >= 4 is 12.2 Å². The van der Waals surface area contributed by atoms with Crippen molar-refractivity contribution in [2.24, 2.45) is 0 Å². The van der Waals surface area contributed by atoms with Crippen molar-refractivity contribution in [3.8, 4) is 28.6 Å². The lowest BCUT2D eigenvalue weighted by atomic mass is 10.2. The Labute approximate surface area is 162 Å². The molecule has 3 rings (SSSR count). The minimum atomic E-state index is -4.60. The van der Waals surface area contributed by atoms with E-state index in [1.54, 1.807) is 34.9 Å². The van der Waals surface area contributed by atoms with Crippen molar-refractivity contribution in [2.45, 2.75) is 19.5 Å². The number of nitrogens with zero attached hydrogens (tertiary/aromatic N) is 2. The highest BCUT2D eigenvalue weighted by Gasteiger charge is 2.44. The third kappa shape index (κ3) is 4.16. The van der Waals surface area contributed by atoms with Gasteiger partial charge in [-0.05, 0) is 55.5 Å². The van der Waals surface area contributed by atoms with Crippen LogP contribution in [0, 0.1) is 4.77 Å². The van der Waals surface area contributed by atoms with E-state index in [-0.39, 0.29) is 4.77 Å². The summed E-state index contributed by atoms with van der Waals surface area (Å²) < 4.78 is 62.5. The Morgan fingerprint density at radius 2 is 1.86 bits per heavy atom. The molecule has 0 aliphatic carbocycles. The third-order valence-corrected chi connectivity index (χ3v) is 3.95. The first-order valence-corrected chi connectivity index (χ1v) is 8.58. The molecule has 0 bridgehead atoms. The van der Waals surface area contributed by atoms with E-state index in [4.69, 9.17) is 17.0 Å². The van der Waals surface area contributed by atoms with E-state index < -0.39 is 18.3 Å². The molecule has 0 aliphatic heterocycles. The predicted molar refractivity (Wildman–Crippen MR) is 96.9 cm³/mol. The molecule has 0 aliphatic rings. The molecule has 1 heterocycles. The molecular weight excluding hydrogens is 398 g/mol. The number of rotatable bonds is 7. The summed E-state index contributed by atoms with van der Waals surface area (Å²) in [6.45, 7) is 2.39. The molecule has 0 saturated heterocycles. The molecule has 3 aromatic rings. The lowest BCUT2D eigenvalue weighted by Crippen LogP contribution is -2.33. The van der Waals surface area contributed by atoms with Gasteiger partial charge in [-0.15, -0.1) is 0 Å². The Balaban J connectivity index is 1.98. The molecule has 148 valence electrons. The summed E-state index contributed by atoms with van der Waals surface area (Å²) in [7, 11) is 0. The summed E-state index contributed by atoms with van der Waals surface area (Å²) in [5.74, 6) is 0.558. The van der Waals surface area contributed by atoms with Crippen molar-refractivity contribution in [1.82, 2.24) is 14.8 Å². The molecule has 0 radical (unpaired) electrons. The number of aromatic amines is 1. The van der Waals surface area contributed by atoms with Crippen molar-refractivity contribution in [3.63, 3.8) is 0 Å². The molecular formula is C18H15F4N3O2S. The number of alkyl halides is 4. The first-order valence-electron chi connectivity index (χ1n) is 8.18. The largest absolute Gasteiger partial charge is 0.494 e. The Morgan fingerprint density at radius 3 is 2.50 bits per heavy atom. The molecule has 5 nitrogen and oxygen atoms in total.